The molecule has 0 radical (unpaired) electrons. The fraction of sp³-hybridized carbons (Fsp3) is 0. The first kappa shape index (κ1) is 35.2. The summed E-state index contributed by atoms with van der Waals surface area (Å²) in [5, 5.41) is 6.88. The molecule has 5 aromatic carbocycles. The predicted octanol–water partition coefficient (Wildman–Crippen LogP) is 11.7. The number of para-hydroxylation sites is 4. The van der Waals surface area contributed by atoms with E-state index in [1.807, 2.05) is 109 Å². The monoisotopic (exact) mass is 884 g/mol. The molecule has 0 fully saturated rings. The zero-order valence-corrected chi connectivity index (χ0v) is 32.1. The maximum absolute atomic E-state index is 4.69. The third-order valence-corrected chi connectivity index (χ3v) is 9.26. The molecule has 0 saturated heterocycles. The Morgan fingerprint density at radius 1 is 0.236 bits per heavy atom. The molecule has 0 aliphatic heterocycles. The summed E-state index contributed by atoms with van der Waals surface area (Å²) in [5.74, 6) is 0. The largest absolute Gasteiger partial charge is 0.254 e. The molecule has 0 N–H and O–H groups in total. The molecular weight excluding hydrogens is 851 g/mol. The van der Waals surface area contributed by atoms with E-state index in [0.29, 0.717) is 0 Å². The molecule has 0 spiro atoms. The second-order valence-electron chi connectivity index (χ2n) is 12.8. The van der Waals surface area contributed by atoms with E-state index < -0.39 is 0 Å². The minimum atomic E-state index is 0. The molecular formula is C48H32N6Os. The Kier molecular flexibility index (Phi) is 10.3. The van der Waals surface area contributed by atoms with Crippen LogP contribution in [0.5, 0.6) is 0 Å². The zero-order valence-electron chi connectivity index (χ0n) is 29.5. The van der Waals surface area contributed by atoms with Gasteiger partial charge in [-0.2, -0.15) is 0 Å². The smallest absolute Gasteiger partial charge is 0.0964 e. The Hall–Kier alpha value is -6.80. The van der Waals surface area contributed by atoms with Crippen LogP contribution in [0, 0.1) is 0 Å². The summed E-state index contributed by atoms with van der Waals surface area (Å²) in [4.78, 5) is 27.5. The number of hydrogen-bond acceptors (Lipinski definition) is 6. The van der Waals surface area contributed by atoms with E-state index in [1.165, 1.54) is 0 Å². The van der Waals surface area contributed by atoms with Gasteiger partial charge < -0.3 is 0 Å². The van der Waals surface area contributed by atoms with E-state index in [1.54, 1.807) is 12.4 Å². The molecule has 6 heterocycles. The van der Waals surface area contributed by atoms with Crippen LogP contribution < -0.4 is 0 Å². The molecule has 55 heavy (non-hydrogen) atoms. The molecule has 0 aliphatic carbocycles. The third kappa shape index (κ3) is 7.66. The minimum absolute atomic E-state index is 0. The van der Waals surface area contributed by atoms with Crippen LogP contribution in [-0.4, -0.2) is 29.9 Å². The summed E-state index contributed by atoms with van der Waals surface area (Å²) in [7, 11) is 0. The summed E-state index contributed by atoms with van der Waals surface area (Å²) in [6.07, 6.45) is 3.60. The Morgan fingerprint density at radius 2 is 0.491 bits per heavy atom. The molecule has 7 heteroatoms. The molecule has 6 nitrogen and oxygen atoms in total. The Balaban J connectivity index is 0.000000117. The summed E-state index contributed by atoms with van der Waals surface area (Å²) in [6.45, 7) is 0. The first-order valence-electron chi connectivity index (χ1n) is 17.8. The molecule has 0 aliphatic rings. The van der Waals surface area contributed by atoms with E-state index >= 15 is 0 Å². The summed E-state index contributed by atoms with van der Waals surface area (Å²) >= 11 is 0. The van der Waals surface area contributed by atoms with Gasteiger partial charge in [-0.15, -0.1) is 0 Å². The van der Waals surface area contributed by atoms with Gasteiger partial charge in [0, 0.05) is 64.5 Å². The minimum Gasteiger partial charge on any atom is -0.254 e. The maximum Gasteiger partial charge on any atom is 0.0964 e. The van der Waals surface area contributed by atoms with Crippen LogP contribution in [-0.2, 0) is 19.8 Å². The summed E-state index contributed by atoms with van der Waals surface area (Å²) in [5.41, 5.74) is 9.60. The number of nitrogens with zero attached hydrogens (tertiary/aromatic N) is 6. The molecule has 0 saturated carbocycles. The van der Waals surface area contributed by atoms with Gasteiger partial charge in [0.1, 0.15) is 0 Å². The van der Waals surface area contributed by atoms with Crippen LogP contribution in [0.25, 0.3) is 88.2 Å². The van der Waals surface area contributed by atoms with Crippen molar-refractivity contribution in [1.82, 2.24) is 29.9 Å². The average Bonchev–Trinajstić information content (AvgIpc) is 3.26. The van der Waals surface area contributed by atoms with Gasteiger partial charge in [0.15, 0.2) is 0 Å². The van der Waals surface area contributed by atoms with Crippen molar-refractivity contribution in [2.45, 2.75) is 0 Å². The molecule has 11 rings (SSSR count). The van der Waals surface area contributed by atoms with Crippen molar-refractivity contribution in [3.05, 3.63) is 194 Å². The standard InChI is InChI=1S/2C18H12N2.C12H8N2.Os/c2*1-3-7-15-13(5-1)9-11-17(19-15)18-12-10-14-6-2-4-8-16(14)20-18;1-3-9-5-6-10-4-2-8-14-12(10)11(9)13-7-1;/h2*1-12H;1-8H;. The predicted molar refractivity (Wildman–Crippen MR) is 222 cm³/mol. The fourth-order valence-corrected chi connectivity index (χ4v) is 6.51. The number of pyridine rings is 6. The van der Waals surface area contributed by atoms with Crippen molar-refractivity contribution >= 4 is 65.4 Å². The number of rotatable bonds is 2. The normalized spacial score (nSPS) is 10.8. The molecule has 0 bridgehead atoms. The van der Waals surface area contributed by atoms with Gasteiger partial charge >= 0.3 is 0 Å². The maximum atomic E-state index is 4.69. The average molecular weight is 883 g/mol. The van der Waals surface area contributed by atoms with Crippen molar-refractivity contribution in [3.63, 3.8) is 0 Å². The van der Waals surface area contributed by atoms with Crippen LogP contribution in [0.1, 0.15) is 0 Å². The topological polar surface area (TPSA) is 77.3 Å². The van der Waals surface area contributed by atoms with E-state index in [-0.39, 0.29) is 19.8 Å². The third-order valence-electron chi connectivity index (χ3n) is 9.26. The summed E-state index contributed by atoms with van der Waals surface area (Å²) < 4.78 is 0. The van der Waals surface area contributed by atoms with Gasteiger partial charge in [-0.05, 0) is 60.7 Å². The van der Waals surface area contributed by atoms with E-state index in [0.717, 1.165) is 88.2 Å². The van der Waals surface area contributed by atoms with Crippen LogP contribution in [0.3, 0.4) is 0 Å². The number of hydrogen-bond donors (Lipinski definition) is 0. The fourth-order valence-electron chi connectivity index (χ4n) is 6.51. The van der Waals surface area contributed by atoms with Gasteiger partial charge in [-0.1, -0.05) is 121 Å². The van der Waals surface area contributed by atoms with Crippen molar-refractivity contribution in [1.29, 1.82) is 0 Å². The van der Waals surface area contributed by atoms with E-state index in [4.69, 9.17) is 0 Å². The Labute approximate surface area is 330 Å². The molecule has 262 valence electrons. The van der Waals surface area contributed by atoms with Crippen molar-refractivity contribution in [3.8, 4) is 22.8 Å². The number of benzene rings is 5. The second kappa shape index (κ2) is 16.1. The first-order valence-corrected chi connectivity index (χ1v) is 17.8. The molecule has 0 atom stereocenters. The first-order chi connectivity index (χ1) is 26.7. The van der Waals surface area contributed by atoms with Crippen LogP contribution in [0.2, 0.25) is 0 Å². The van der Waals surface area contributed by atoms with E-state index in [2.05, 4.69) is 103 Å². The second-order valence-corrected chi connectivity index (χ2v) is 12.8. The van der Waals surface area contributed by atoms with Crippen molar-refractivity contribution < 1.29 is 19.8 Å². The quantitative estimate of drug-likeness (QED) is 0.161. The molecule has 0 unspecified atom stereocenters. The van der Waals surface area contributed by atoms with Gasteiger partial charge in [0.2, 0.25) is 0 Å². The van der Waals surface area contributed by atoms with Crippen molar-refractivity contribution in [2.75, 3.05) is 0 Å². The Bertz CT molecular complexity index is 2730. The SMILES string of the molecule is [Os].c1ccc2nc(-c3ccc4ccccc4n3)ccc2c1.c1ccc2nc(-c3ccc4ccccc4n3)ccc2c1.c1cnc2c(c1)ccc1cccnc12. The number of aromatic nitrogens is 6. The van der Waals surface area contributed by atoms with Gasteiger partial charge in [-0.25, -0.2) is 19.9 Å². The zero-order chi connectivity index (χ0) is 36.1. The van der Waals surface area contributed by atoms with Gasteiger partial charge in [-0.3, -0.25) is 9.97 Å². The van der Waals surface area contributed by atoms with Gasteiger partial charge in [0.25, 0.3) is 0 Å². The summed E-state index contributed by atoms with van der Waals surface area (Å²) in [6, 6.07) is 61.1. The van der Waals surface area contributed by atoms with E-state index in [9.17, 15) is 0 Å². The van der Waals surface area contributed by atoms with Crippen LogP contribution >= 0.6 is 0 Å². The van der Waals surface area contributed by atoms with Crippen LogP contribution in [0.4, 0.5) is 0 Å². The molecule has 0 amide bonds. The van der Waals surface area contributed by atoms with Gasteiger partial charge in [0.05, 0.1) is 55.9 Å². The molecule has 11 aromatic rings. The Morgan fingerprint density at radius 3 is 0.800 bits per heavy atom. The number of fused-ring (bicyclic) bond motifs is 7. The molecule has 6 aromatic heterocycles. The van der Waals surface area contributed by atoms with Crippen molar-refractivity contribution in [2.24, 2.45) is 0 Å². The van der Waals surface area contributed by atoms with Crippen LogP contribution in [0.15, 0.2) is 194 Å².